The molecule has 0 spiro atoms. The lowest BCUT2D eigenvalue weighted by Gasteiger charge is -2.28. The lowest BCUT2D eigenvalue weighted by molar-refractivity contribution is -0.150. The minimum atomic E-state index is -0.934. The van der Waals surface area contributed by atoms with Gasteiger partial charge in [-0.25, -0.2) is 0 Å². The van der Waals surface area contributed by atoms with Gasteiger partial charge in [-0.05, 0) is 43.5 Å². The van der Waals surface area contributed by atoms with Gasteiger partial charge in [0.15, 0.2) is 0 Å². The fourth-order valence-electron chi connectivity index (χ4n) is 3.32. The second kappa shape index (κ2) is 15.4. The monoisotopic (exact) mass is 448 g/mol. The summed E-state index contributed by atoms with van der Waals surface area (Å²) in [7, 11) is 0. The normalized spacial score (nSPS) is 11.5. The molecule has 6 nitrogen and oxygen atoms in total. The minimum absolute atomic E-state index is 0. The van der Waals surface area contributed by atoms with Gasteiger partial charge in [-0.15, -0.1) is 12.4 Å². The zero-order valence-electron chi connectivity index (χ0n) is 17.8. The fourth-order valence-corrected chi connectivity index (χ4v) is 3.32. The van der Waals surface area contributed by atoms with Gasteiger partial charge in [0, 0.05) is 0 Å². The Bertz CT molecular complexity index is 759. The zero-order valence-corrected chi connectivity index (χ0v) is 18.6. The Balaban J connectivity index is 0.00000480. The van der Waals surface area contributed by atoms with E-state index >= 15 is 0 Å². The number of hydrogen-bond donors (Lipinski definition) is 2. The zero-order chi connectivity index (χ0) is 21.6. The van der Waals surface area contributed by atoms with Gasteiger partial charge in [-0.3, -0.25) is 14.5 Å². The summed E-state index contributed by atoms with van der Waals surface area (Å²) < 4.78 is 5.39. The number of hydrogen-bond acceptors (Lipinski definition) is 5. The van der Waals surface area contributed by atoms with Crippen molar-refractivity contribution in [1.29, 1.82) is 0 Å². The molecule has 7 heteroatoms. The van der Waals surface area contributed by atoms with Gasteiger partial charge < -0.3 is 15.6 Å². The maximum Gasteiger partial charge on any atom is 0.321 e. The lowest BCUT2D eigenvalue weighted by Crippen LogP contribution is -2.46. The highest BCUT2D eigenvalue weighted by molar-refractivity contribution is 5.85. The number of carboxylic acids is 1. The number of nitrogens with zero attached hydrogens (tertiary/aromatic N) is 1. The van der Waals surface area contributed by atoms with Crippen LogP contribution in [0.5, 0.6) is 0 Å². The van der Waals surface area contributed by atoms with Crippen molar-refractivity contribution in [2.45, 2.75) is 44.8 Å². The highest BCUT2D eigenvalue weighted by Gasteiger charge is 2.27. The Morgan fingerprint density at radius 1 is 0.903 bits per heavy atom. The van der Waals surface area contributed by atoms with Gasteiger partial charge in [0.2, 0.25) is 0 Å². The molecule has 2 aromatic rings. The number of carboxylic acid groups (broad SMARTS) is 1. The molecule has 0 aliphatic heterocycles. The van der Waals surface area contributed by atoms with Crippen LogP contribution in [0.1, 0.15) is 36.8 Å². The molecule has 0 saturated carbocycles. The van der Waals surface area contributed by atoms with E-state index in [1.807, 2.05) is 60.7 Å². The van der Waals surface area contributed by atoms with Gasteiger partial charge in [-0.1, -0.05) is 73.5 Å². The van der Waals surface area contributed by atoms with Crippen LogP contribution in [0.25, 0.3) is 0 Å². The second-order valence-corrected chi connectivity index (χ2v) is 7.36. The summed E-state index contributed by atoms with van der Waals surface area (Å²) in [6.07, 6.45) is 4.05. The summed E-state index contributed by atoms with van der Waals surface area (Å²) in [6, 6.07) is 18.1. The van der Waals surface area contributed by atoms with Crippen molar-refractivity contribution in [3.05, 3.63) is 71.8 Å². The summed E-state index contributed by atoms with van der Waals surface area (Å²) >= 11 is 0. The fraction of sp³-hybridized carbons (Fsp3) is 0.417. The van der Waals surface area contributed by atoms with Gasteiger partial charge in [0.1, 0.15) is 12.6 Å². The van der Waals surface area contributed by atoms with Crippen molar-refractivity contribution >= 4 is 24.3 Å². The van der Waals surface area contributed by atoms with Crippen LogP contribution >= 0.6 is 12.4 Å². The quantitative estimate of drug-likeness (QED) is 0.338. The Kier molecular flexibility index (Phi) is 13.2. The van der Waals surface area contributed by atoms with E-state index in [1.165, 1.54) is 0 Å². The molecule has 0 saturated heterocycles. The van der Waals surface area contributed by atoms with E-state index in [4.69, 9.17) is 10.5 Å². The van der Waals surface area contributed by atoms with Crippen molar-refractivity contribution in [3.63, 3.8) is 0 Å². The Morgan fingerprint density at radius 2 is 1.48 bits per heavy atom. The van der Waals surface area contributed by atoms with E-state index < -0.39 is 18.0 Å². The molecule has 0 aliphatic rings. The van der Waals surface area contributed by atoms with Crippen molar-refractivity contribution < 1.29 is 19.4 Å². The predicted octanol–water partition coefficient (Wildman–Crippen LogP) is 3.67. The second-order valence-electron chi connectivity index (χ2n) is 7.36. The molecule has 0 heterocycles. The minimum Gasteiger partial charge on any atom is -0.480 e. The highest BCUT2D eigenvalue weighted by Crippen LogP contribution is 2.13. The van der Waals surface area contributed by atoms with Crippen LogP contribution in [-0.4, -0.2) is 47.6 Å². The molecule has 3 N–H and O–H groups in total. The molecule has 0 aliphatic carbocycles. The van der Waals surface area contributed by atoms with Crippen LogP contribution in [0, 0.1) is 0 Å². The first-order valence-electron chi connectivity index (χ1n) is 10.5. The van der Waals surface area contributed by atoms with E-state index in [0.717, 1.165) is 36.8 Å². The summed E-state index contributed by atoms with van der Waals surface area (Å²) in [6.45, 7) is 1.31. The number of halogens is 1. The number of unbranched alkanes of at least 4 members (excludes halogenated alkanes) is 3. The van der Waals surface area contributed by atoms with Gasteiger partial charge in [-0.2, -0.15) is 0 Å². The molecule has 0 radical (unpaired) electrons. The number of esters is 1. The summed E-state index contributed by atoms with van der Waals surface area (Å²) in [5.41, 5.74) is 7.37. The van der Waals surface area contributed by atoms with E-state index in [-0.39, 0.29) is 25.6 Å². The number of benzene rings is 2. The molecule has 1 atom stereocenters. The summed E-state index contributed by atoms with van der Waals surface area (Å²) in [5, 5.41) is 9.86. The third kappa shape index (κ3) is 10.4. The van der Waals surface area contributed by atoms with Crippen molar-refractivity contribution in [2.75, 3.05) is 19.6 Å². The Hall–Kier alpha value is -2.41. The first-order valence-corrected chi connectivity index (χ1v) is 10.5. The maximum absolute atomic E-state index is 12.5. The van der Waals surface area contributed by atoms with E-state index in [2.05, 4.69) is 0 Å². The van der Waals surface area contributed by atoms with Crippen molar-refractivity contribution in [3.8, 4) is 0 Å². The number of ether oxygens (including phenoxy) is 1. The summed E-state index contributed by atoms with van der Waals surface area (Å²) in [4.78, 5) is 26.2. The first-order chi connectivity index (χ1) is 14.6. The molecule has 0 amide bonds. The number of nitrogens with two attached hydrogens (primary N) is 1. The topological polar surface area (TPSA) is 92.9 Å². The van der Waals surface area contributed by atoms with E-state index in [1.54, 1.807) is 4.90 Å². The molecular formula is C24H33ClN2O4. The van der Waals surface area contributed by atoms with Crippen LogP contribution in [0.15, 0.2) is 60.7 Å². The molecular weight excluding hydrogens is 416 g/mol. The van der Waals surface area contributed by atoms with Crippen molar-refractivity contribution in [1.82, 2.24) is 4.90 Å². The van der Waals surface area contributed by atoms with Crippen LogP contribution in [0.4, 0.5) is 0 Å². The molecule has 170 valence electrons. The molecule has 2 aromatic carbocycles. The van der Waals surface area contributed by atoms with Gasteiger partial charge >= 0.3 is 11.9 Å². The number of carbonyl (C=O) groups is 2. The maximum atomic E-state index is 12.5. The standard InChI is InChI=1S/C24H32N2O4.ClH/c25-15-9-1-2-10-16-26(18-23(27)30-19-21-13-7-4-8-14-21)22(24(28)29)17-20-11-5-3-6-12-20;/h3-8,11-14,22H,1-2,9-10,15-19,25H2,(H,28,29);1H. The molecule has 0 bridgehead atoms. The number of aliphatic carboxylic acids is 1. The lowest BCUT2D eigenvalue weighted by atomic mass is 10.0. The van der Waals surface area contributed by atoms with Crippen LogP contribution < -0.4 is 5.73 Å². The third-order valence-corrected chi connectivity index (χ3v) is 4.97. The average Bonchev–Trinajstić information content (AvgIpc) is 2.76. The van der Waals surface area contributed by atoms with Crippen molar-refractivity contribution in [2.24, 2.45) is 5.73 Å². The average molecular weight is 449 g/mol. The molecule has 1 unspecified atom stereocenters. The first kappa shape index (κ1) is 26.6. The summed E-state index contributed by atoms with van der Waals surface area (Å²) in [5.74, 6) is -1.35. The molecule has 2 rings (SSSR count). The van der Waals surface area contributed by atoms with Crippen LogP contribution in [0.2, 0.25) is 0 Å². The predicted molar refractivity (Wildman–Crippen MR) is 124 cm³/mol. The SMILES string of the molecule is Cl.NCCCCCCN(CC(=O)OCc1ccccc1)C(Cc1ccccc1)C(=O)O. The highest BCUT2D eigenvalue weighted by atomic mass is 35.5. The van der Waals surface area contributed by atoms with E-state index in [9.17, 15) is 14.7 Å². The Morgan fingerprint density at radius 3 is 2.06 bits per heavy atom. The molecule has 0 aromatic heterocycles. The number of rotatable bonds is 14. The largest absolute Gasteiger partial charge is 0.480 e. The molecule has 0 fully saturated rings. The van der Waals surface area contributed by atoms with Crippen LogP contribution in [-0.2, 0) is 27.4 Å². The third-order valence-electron chi connectivity index (χ3n) is 4.97. The van der Waals surface area contributed by atoms with Crippen LogP contribution in [0.3, 0.4) is 0 Å². The Labute approximate surface area is 190 Å². The smallest absolute Gasteiger partial charge is 0.321 e. The number of carbonyl (C=O) groups excluding carboxylic acids is 1. The van der Waals surface area contributed by atoms with Gasteiger partial charge in [0.25, 0.3) is 0 Å². The van der Waals surface area contributed by atoms with E-state index in [0.29, 0.717) is 19.5 Å². The van der Waals surface area contributed by atoms with Gasteiger partial charge in [0.05, 0.1) is 6.54 Å². The molecule has 31 heavy (non-hydrogen) atoms.